The number of likely N-dealkylation sites (N-methyl/N-ethyl adjacent to an activating group) is 1. The topological polar surface area (TPSA) is 52.9 Å². The molecule has 2 fully saturated rings. The number of phenols is 1. The molecule has 3 rings (SSSR count). The Balaban J connectivity index is 2.00. The number of rotatable bonds is 2. The van der Waals surface area contributed by atoms with Crippen molar-refractivity contribution >= 4 is 0 Å². The fourth-order valence-electron chi connectivity index (χ4n) is 4.10. The first-order valence-electron chi connectivity index (χ1n) is 7.32. The van der Waals surface area contributed by atoms with E-state index in [4.69, 9.17) is 4.74 Å². The fourth-order valence-corrected chi connectivity index (χ4v) is 4.10. The van der Waals surface area contributed by atoms with E-state index in [2.05, 4.69) is 18.0 Å². The maximum Gasteiger partial charge on any atom is 0.160 e. The van der Waals surface area contributed by atoms with Crippen molar-refractivity contribution in [3.63, 3.8) is 0 Å². The molecule has 1 saturated carbocycles. The van der Waals surface area contributed by atoms with Gasteiger partial charge in [-0.15, -0.1) is 0 Å². The summed E-state index contributed by atoms with van der Waals surface area (Å²) in [7, 11) is 3.70. The Kier molecular flexibility index (Phi) is 3.38. The average molecular weight is 277 g/mol. The first-order chi connectivity index (χ1) is 9.56. The molecule has 0 amide bonds. The first-order valence-corrected chi connectivity index (χ1v) is 7.32. The van der Waals surface area contributed by atoms with Crippen LogP contribution in [0.3, 0.4) is 0 Å². The second kappa shape index (κ2) is 4.93. The van der Waals surface area contributed by atoms with Crippen molar-refractivity contribution in [3.05, 3.63) is 23.8 Å². The molecule has 110 valence electrons. The quantitative estimate of drug-likeness (QED) is 0.867. The van der Waals surface area contributed by atoms with Gasteiger partial charge in [0, 0.05) is 11.5 Å². The molecule has 0 radical (unpaired) electrons. The zero-order valence-electron chi connectivity index (χ0n) is 12.2. The Morgan fingerprint density at radius 3 is 2.85 bits per heavy atom. The minimum absolute atomic E-state index is 0.0672. The number of likely N-dealkylation sites (tertiary alicyclic amines) is 1. The van der Waals surface area contributed by atoms with Gasteiger partial charge in [0.05, 0.1) is 13.2 Å². The molecular weight excluding hydrogens is 254 g/mol. The van der Waals surface area contributed by atoms with Crippen molar-refractivity contribution in [3.8, 4) is 11.5 Å². The summed E-state index contributed by atoms with van der Waals surface area (Å²) in [6.45, 7) is 1.05. The number of hydrogen-bond donors (Lipinski definition) is 2. The van der Waals surface area contributed by atoms with Crippen LogP contribution in [-0.4, -0.2) is 48.0 Å². The number of aliphatic hydroxyl groups excluding tert-OH is 1. The number of hydrogen-bond acceptors (Lipinski definition) is 4. The third kappa shape index (κ3) is 1.98. The monoisotopic (exact) mass is 277 g/mol. The van der Waals surface area contributed by atoms with Crippen LogP contribution in [-0.2, 0) is 5.41 Å². The van der Waals surface area contributed by atoms with Crippen molar-refractivity contribution in [2.45, 2.75) is 43.2 Å². The second-order valence-electron chi connectivity index (χ2n) is 6.22. The second-order valence-corrected chi connectivity index (χ2v) is 6.22. The Morgan fingerprint density at radius 1 is 1.35 bits per heavy atom. The predicted octanol–water partition coefficient (Wildman–Crippen LogP) is 1.89. The molecule has 1 aliphatic heterocycles. The summed E-state index contributed by atoms with van der Waals surface area (Å²) in [4.78, 5) is 2.35. The van der Waals surface area contributed by atoms with Crippen LogP contribution in [0.4, 0.5) is 0 Å². The molecule has 0 aromatic heterocycles. The van der Waals surface area contributed by atoms with Gasteiger partial charge >= 0.3 is 0 Å². The molecule has 1 saturated heterocycles. The van der Waals surface area contributed by atoms with Gasteiger partial charge in [-0.2, -0.15) is 0 Å². The van der Waals surface area contributed by atoms with E-state index in [-0.39, 0.29) is 17.3 Å². The third-order valence-electron chi connectivity index (χ3n) is 5.25. The molecule has 4 heteroatoms. The highest BCUT2D eigenvalue weighted by molar-refractivity contribution is 5.45. The van der Waals surface area contributed by atoms with Crippen LogP contribution in [0.15, 0.2) is 18.2 Å². The number of aromatic hydroxyl groups is 1. The highest BCUT2D eigenvalue weighted by atomic mass is 16.5. The van der Waals surface area contributed by atoms with E-state index < -0.39 is 0 Å². The van der Waals surface area contributed by atoms with Crippen LogP contribution in [0.1, 0.15) is 31.2 Å². The van der Waals surface area contributed by atoms with Gasteiger partial charge in [-0.05, 0) is 57.0 Å². The van der Waals surface area contributed by atoms with E-state index in [1.54, 1.807) is 7.11 Å². The fraction of sp³-hybridized carbons (Fsp3) is 0.625. The van der Waals surface area contributed by atoms with Gasteiger partial charge < -0.3 is 19.8 Å². The number of benzene rings is 1. The lowest BCUT2D eigenvalue weighted by Gasteiger charge is -2.43. The summed E-state index contributed by atoms with van der Waals surface area (Å²) < 4.78 is 5.13. The average Bonchev–Trinajstić information content (AvgIpc) is 2.77. The van der Waals surface area contributed by atoms with Crippen LogP contribution >= 0.6 is 0 Å². The number of methoxy groups -OCH3 is 1. The van der Waals surface area contributed by atoms with E-state index in [1.807, 2.05) is 12.1 Å². The Bertz CT molecular complexity index is 504. The predicted molar refractivity (Wildman–Crippen MR) is 77.2 cm³/mol. The van der Waals surface area contributed by atoms with Gasteiger partial charge in [-0.25, -0.2) is 0 Å². The molecule has 3 atom stereocenters. The number of nitrogens with zero attached hydrogens (tertiary/aromatic N) is 1. The molecule has 1 aromatic carbocycles. The van der Waals surface area contributed by atoms with E-state index in [0.717, 1.165) is 32.2 Å². The lowest BCUT2D eigenvalue weighted by Crippen LogP contribution is -2.47. The molecule has 20 heavy (non-hydrogen) atoms. The number of phenolic OH excluding ortho intramolecular Hbond substituents is 1. The molecule has 2 N–H and O–H groups in total. The first kappa shape index (κ1) is 13.7. The lowest BCUT2D eigenvalue weighted by atomic mass is 9.65. The molecule has 1 aromatic rings. The molecule has 1 aliphatic carbocycles. The molecule has 1 heterocycles. The Morgan fingerprint density at radius 2 is 2.15 bits per heavy atom. The maximum absolute atomic E-state index is 10.1. The van der Waals surface area contributed by atoms with Crippen molar-refractivity contribution in [1.29, 1.82) is 0 Å². The molecule has 4 nitrogen and oxygen atoms in total. The van der Waals surface area contributed by atoms with Crippen LogP contribution in [0.5, 0.6) is 11.5 Å². The summed E-state index contributed by atoms with van der Waals surface area (Å²) in [5.41, 5.74) is 1.25. The summed E-state index contributed by atoms with van der Waals surface area (Å²) in [6.07, 6.45) is 3.54. The van der Waals surface area contributed by atoms with Gasteiger partial charge in [0.1, 0.15) is 0 Å². The zero-order chi connectivity index (χ0) is 14.3. The van der Waals surface area contributed by atoms with Crippen LogP contribution < -0.4 is 4.74 Å². The molecule has 0 bridgehead atoms. The van der Waals surface area contributed by atoms with E-state index in [9.17, 15) is 10.2 Å². The SMILES string of the molecule is COc1ccc([C@@]23CC[C@@H](O)C[C@@H]2N(C)CC3)cc1O. The number of aliphatic hydroxyl groups is 1. The van der Waals surface area contributed by atoms with Gasteiger partial charge in [0.2, 0.25) is 0 Å². The van der Waals surface area contributed by atoms with Crippen molar-refractivity contribution in [2.75, 3.05) is 20.7 Å². The van der Waals surface area contributed by atoms with E-state index in [1.165, 1.54) is 5.56 Å². The lowest BCUT2D eigenvalue weighted by molar-refractivity contribution is 0.0566. The van der Waals surface area contributed by atoms with Crippen LogP contribution in [0.2, 0.25) is 0 Å². The number of fused-ring (bicyclic) bond motifs is 1. The van der Waals surface area contributed by atoms with E-state index in [0.29, 0.717) is 11.8 Å². The summed E-state index contributed by atoms with van der Waals surface area (Å²) >= 11 is 0. The molecule has 2 aliphatic rings. The highest BCUT2D eigenvalue weighted by Crippen LogP contribution is 2.49. The standard InChI is InChI=1S/C16H23NO3/c1-17-8-7-16(6-5-12(18)10-15(16)17)11-3-4-14(20-2)13(19)9-11/h3-4,9,12,15,18-19H,5-8,10H2,1-2H3/t12-,15+,16+/m1/s1. The molecular formula is C16H23NO3. The smallest absolute Gasteiger partial charge is 0.160 e. The van der Waals surface area contributed by atoms with Gasteiger partial charge in [0.25, 0.3) is 0 Å². The summed E-state index contributed by atoms with van der Waals surface area (Å²) in [5.74, 6) is 0.725. The summed E-state index contributed by atoms with van der Waals surface area (Å²) in [6, 6.07) is 6.13. The van der Waals surface area contributed by atoms with Crippen molar-refractivity contribution < 1.29 is 14.9 Å². The molecule has 0 spiro atoms. The normalized spacial score (nSPS) is 34.0. The minimum atomic E-state index is -0.194. The van der Waals surface area contributed by atoms with E-state index >= 15 is 0 Å². The zero-order valence-corrected chi connectivity index (χ0v) is 12.2. The largest absolute Gasteiger partial charge is 0.504 e. The van der Waals surface area contributed by atoms with Crippen molar-refractivity contribution in [1.82, 2.24) is 4.90 Å². The third-order valence-corrected chi connectivity index (χ3v) is 5.25. The van der Waals surface area contributed by atoms with Gasteiger partial charge in [-0.1, -0.05) is 6.07 Å². The van der Waals surface area contributed by atoms with Gasteiger partial charge in [0.15, 0.2) is 11.5 Å². The Hall–Kier alpha value is -1.26. The van der Waals surface area contributed by atoms with Crippen LogP contribution in [0, 0.1) is 0 Å². The number of ether oxygens (including phenoxy) is 1. The Labute approximate surface area is 120 Å². The minimum Gasteiger partial charge on any atom is -0.504 e. The van der Waals surface area contributed by atoms with Crippen LogP contribution in [0.25, 0.3) is 0 Å². The van der Waals surface area contributed by atoms with Crippen molar-refractivity contribution in [2.24, 2.45) is 0 Å². The maximum atomic E-state index is 10.1. The summed E-state index contributed by atoms with van der Waals surface area (Å²) in [5, 5.41) is 20.0. The molecule has 0 unspecified atom stereocenters. The highest BCUT2D eigenvalue weighted by Gasteiger charge is 2.50. The van der Waals surface area contributed by atoms with Gasteiger partial charge in [-0.3, -0.25) is 0 Å².